The van der Waals surface area contributed by atoms with Crippen molar-refractivity contribution < 1.29 is 9.90 Å². The minimum absolute atomic E-state index is 0.277. The van der Waals surface area contributed by atoms with E-state index in [1.54, 1.807) is 26.0 Å². The molecule has 1 N–H and O–H groups in total. The van der Waals surface area contributed by atoms with E-state index in [0.717, 1.165) is 0 Å². The van der Waals surface area contributed by atoms with Gasteiger partial charge in [0.05, 0.1) is 0 Å². The van der Waals surface area contributed by atoms with Crippen LogP contribution in [0, 0.1) is 0 Å². The molecule has 0 fully saturated rings. The van der Waals surface area contributed by atoms with Gasteiger partial charge in [0.1, 0.15) is 6.10 Å². The number of carbonyl (C=O) groups excluding carboxylic acids is 1. The molecule has 10 heavy (non-hydrogen) atoms. The quantitative estimate of drug-likeness (QED) is 0.470. The molecule has 1 atom stereocenters. The van der Waals surface area contributed by atoms with Crippen LogP contribution in [0.5, 0.6) is 0 Å². The Morgan fingerprint density at radius 3 is 2.40 bits per heavy atom. The Morgan fingerprint density at radius 2 is 2.00 bits per heavy atom. The second kappa shape index (κ2) is 4.94. The fourth-order valence-electron chi connectivity index (χ4n) is 0.540. The third-order valence-electron chi connectivity index (χ3n) is 0.997. The predicted octanol–water partition coefficient (Wildman–Crippen LogP) is 1.07. The Bertz CT molecular complexity index is 157. The molecule has 2 nitrogen and oxygen atoms in total. The average molecular weight is 140 g/mol. The molecule has 0 amide bonds. The fraction of sp³-hybridized carbons (Fsp3) is 0.375. The van der Waals surface area contributed by atoms with E-state index < -0.39 is 6.10 Å². The van der Waals surface area contributed by atoms with E-state index in [1.165, 1.54) is 12.2 Å². The molecule has 0 aliphatic heterocycles. The first-order valence-corrected chi connectivity index (χ1v) is 3.19. The van der Waals surface area contributed by atoms with Crippen molar-refractivity contribution in [1.82, 2.24) is 0 Å². The Morgan fingerprint density at radius 1 is 1.40 bits per heavy atom. The zero-order valence-electron chi connectivity index (χ0n) is 6.24. The van der Waals surface area contributed by atoms with E-state index in [2.05, 4.69) is 0 Å². The van der Waals surface area contributed by atoms with E-state index in [1.807, 2.05) is 0 Å². The third kappa shape index (κ3) is 3.20. The number of allylic oxidation sites excluding steroid dienone is 2. The van der Waals surface area contributed by atoms with Gasteiger partial charge in [0.15, 0.2) is 5.78 Å². The van der Waals surface area contributed by atoms with Gasteiger partial charge in [-0.2, -0.15) is 0 Å². The number of ketones is 1. The molecule has 0 radical (unpaired) electrons. The minimum Gasteiger partial charge on any atom is -0.381 e. The molecule has 2 heteroatoms. The highest BCUT2D eigenvalue weighted by atomic mass is 16.3. The van der Waals surface area contributed by atoms with Crippen LogP contribution in [-0.2, 0) is 4.79 Å². The average Bonchev–Trinajstić information content (AvgIpc) is 1.89. The van der Waals surface area contributed by atoms with Crippen molar-refractivity contribution in [2.24, 2.45) is 0 Å². The maximum absolute atomic E-state index is 10.7. The highest BCUT2D eigenvalue weighted by Gasteiger charge is 2.04. The van der Waals surface area contributed by atoms with E-state index in [-0.39, 0.29) is 5.78 Å². The molecule has 0 aromatic rings. The molecule has 0 aromatic carbocycles. The van der Waals surface area contributed by atoms with Crippen LogP contribution in [0.15, 0.2) is 24.3 Å². The SMILES string of the molecule is CC=CC(=O)C(O)C=CC. The van der Waals surface area contributed by atoms with E-state index >= 15 is 0 Å². The number of aliphatic hydroxyl groups excluding tert-OH is 1. The summed E-state index contributed by atoms with van der Waals surface area (Å²) >= 11 is 0. The highest BCUT2D eigenvalue weighted by molar-refractivity contribution is 5.94. The second-order valence-corrected chi connectivity index (χ2v) is 1.87. The second-order valence-electron chi connectivity index (χ2n) is 1.87. The Hall–Kier alpha value is -0.890. The molecular weight excluding hydrogens is 128 g/mol. The summed E-state index contributed by atoms with van der Waals surface area (Å²) in [5.74, 6) is -0.277. The number of aliphatic hydroxyl groups is 1. The molecular formula is C8H12O2. The highest BCUT2D eigenvalue weighted by Crippen LogP contribution is 1.89. The molecule has 1 unspecified atom stereocenters. The monoisotopic (exact) mass is 140 g/mol. The van der Waals surface area contributed by atoms with Gasteiger partial charge in [-0.1, -0.05) is 18.2 Å². The normalized spacial score (nSPS) is 14.7. The summed E-state index contributed by atoms with van der Waals surface area (Å²) < 4.78 is 0. The third-order valence-corrected chi connectivity index (χ3v) is 0.997. The molecule has 56 valence electrons. The predicted molar refractivity (Wildman–Crippen MR) is 40.6 cm³/mol. The standard InChI is InChI=1S/C8H12O2/c1-3-5-7(9)8(10)6-4-2/h3-7,9H,1-2H3. The van der Waals surface area contributed by atoms with Gasteiger partial charge in [-0.05, 0) is 19.9 Å². The lowest BCUT2D eigenvalue weighted by Crippen LogP contribution is -2.14. The van der Waals surface area contributed by atoms with Gasteiger partial charge in [0.25, 0.3) is 0 Å². The molecule has 0 spiro atoms. The van der Waals surface area contributed by atoms with Crippen molar-refractivity contribution in [2.75, 3.05) is 0 Å². The number of carbonyl (C=O) groups is 1. The summed E-state index contributed by atoms with van der Waals surface area (Å²) in [6.45, 7) is 3.49. The van der Waals surface area contributed by atoms with E-state index in [0.29, 0.717) is 0 Å². The van der Waals surface area contributed by atoms with Crippen molar-refractivity contribution in [3.05, 3.63) is 24.3 Å². The van der Waals surface area contributed by atoms with Gasteiger partial charge < -0.3 is 5.11 Å². The van der Waals surface area contributed by atoms with E-state index in [9.17, 15) is 4.79 Å². The summed E-state index contributed by atoms with van der Waals surface area (Å²) in [4.78, 5) is 10.7. The first-order valence-electron chi connectivity index (χ1n) is 3.19. The van der Waals surface area contributed by atoms with Crippen molar-refractivity contribution in [3.63, 3.8) is 0 Å². The number of hydrogen-bond acceptors (Lipinski definition) is 2. The zero-order valence-corrected chi connectivity index (χ0v) is 6.24. The smallest absolute Gasteiger partial charge is 0.187 e. The summed E-state index contributed by atoms with van der Waals surface area (Å²) in [6.07, 6.45) is 5.08. The van der Waals surface area contributed by atoms with Crippen molar-refractivity contribution >= 4 is 5.78 Å². The van der Waals surface area contributed by atoms with Gasteiger partial charge >= 0.3 is 0 Å². The van der Waals surface area contributed by atoms with Crippen LogP contribution in [0.3, 0.4) is 0 Å². The lowest BCUT2D eigenvalue weighted by atomic mass is 10.2. The summed E-state index contributed by atoms with van der Waals surface area (Å²) in [5.41, 5.74) is 0. The van der Waals surface area contributed by atoms with Crippen molar-refractivity contribution in [2.45, 2.75) is 20.0 Å². The van der Waals surface area contributed by atoms with Gasteiger partial charge in [-0.25, -0.2) is 0 Å². The topological polar surface area (TPSA) is 37.3 Å². The van der Waals surface area contributed by atoms with Gasteiger partial charge in [-0.15, -0.1) is 0 Å². The lowest BCUT2D eigenvalue weighted by molar-refractivity contribution is -0.120. The molecule has 0 heterocycles. The van der Waals surface area contributed by atoms with Crippen LogP contribution in [-0.4, -0.2) is 17.0 Å². The van der Waals surface area contributed by atoms with Crippen LogP contribution in [0.25, 0.3) is 0 Å². The van der Waals surface area contributed by atoms with Crippen LogP contribution in [0.2, 0.25) is 0 Å². The van der Waals surface area contributed by atoms with Crippen LogP contribution in [0.1, 0.15) is 13.8 Å². The molecule has 0 aromatic heterocycles. The Kier molecular flexibility index (Phi) is 4.50. The van der Waals surface area contributed by atoms with Crippen molar-refractivity contribution in [3.8, 4) is 0 Å². The van der Waals surface area contributed by atoms with Gasteiger partial charge in [0.2, 0.25) is 0 Å². The first kappa shape index (κ1) is 9.11. The molecule has 0 saturated heterocycles. The first-order chi connectivity index (χ1) is 4.72. The Labute approximate surface area is 60.9 Å². The Balaban J connectivity index is 3.94. The zero-order chi connectivity index (χ0) is 7.98. The summed E-state index contributed by atoms with van der Waals surface area (Å²) in [6, 6.07) is 0. The largest absolute Gasteiger partial charge is 0.381 e. The van der Waals surface area contributed by atoms with Crippen LogP contribution in [0.4, 0.5) is 0 Å². The molecule has 0 aliphatic rings. The molecule has 0 rings (SSSR count). The van der Waals surface area contributed by atoms with Gasteiger partial charge in [-0.3, -0.25) is 4.79 Å². The minimum atomic E-state index is -0.971. The fourth-order valence-corrected chi connectivity index (χ4v) is 0.540. The summed E-state index contributed by atoms with van der Waals surface area (Å²) in [7, 11) is 0. The van der Waals surface area contributed by atoms with Crippen LogP contribution >= 0.6 is 0 Å². The van der Waals surface area contributed by atoms with Crippen molar-refractivity contribution in [1.29, 1.82) is 0 Å². The lowest BCUT2D eigenvalue weighted by Gasteiger charge is -1.96. The maximum Gasteiger partial charge on any atom is 0.187 e. The van der Waals surface area contributed by atoms with Crippen LogP contribution < -0.4 is 0 Å². The van der Waals surface area contributed by atoms with Gasteiger partial charge in [0, 0.05) is 0 Å². The molecule has 0 saturated carbocycles. The summed E-state index contributed by atoms with van der Waals surface area (Å²) in [5, 5.41) is 8.96. The molecule has 0 bridgehead atoms. The van der Waals surface area contributed by atoms with E-state index in [4.69, 9.17) is 5.11 Å². The maximum atomic E-state index is 10.7. The number of rotatable bonds is 3. The number of hydrogen-bond donors (Lipinski definition) is 1. The molecule has 0 aliphatic carbocycles.